The third-order valence-electron chi connectivity index (χ3n) is 2.61. The molecule has 1 aliphatic rings. The lowest BCUT2D eigenvalue weighted by Crippen LogP contribution is -2.50. The first-order valence-corrected chi connectivity index (χ1v) is 5.74. The number of rotatable bonds is 5. The molecule has 0 aromatic rings. The Bertz CT molecular complexity index is 302. The van der Waals surface area contributed by atoms with Crippen molar-refractivity contribution >= 4 is 11.8 Å². The number of amides is 2. The molecule has 2 atom stereocenters. The Morgan fingerprint density at radius 1 is 1.65 bits per heavy atom. The van der Waals surface area contributed by atoms with E-state index in [1.807, 2.05) is 19.0 Å². The molecule has 0 radical (unpaired) electrons. The minimum atomic E-state index is -0.970. The number of hydrogen-bond acceptors (Lipinski definition) is 4. The van der Waals surface area contributed by atoms with E-state index < -0.39 is 11.6 Å². The highest BCUT2D eigenvalue weighted by molar-refractivity contribution is 5.90. The number of aliphatic hydroxyl groups is 1. The van der Waals surface area contributed by atoms with Gasteiger partial charge in [-0.05, 0) is 27.4 Å². The first-order chi connectivity index (χ1) is 7.80. The molecule has 1 aliphatic heterocycles. The zero-order chi connectivity index (χ0) is 13.1. The summed E-state index contributed by atoms with van der Waals surface area (Å²) in [7, 11) is 3.71. The number of likely N-dealkylation sites (N-methyl/N-ethyl adjacent to an activating group) is 1. The van der Waals surface area contributed by atoms with Crippen LogP contribution in [0.2, 0.25) is 0 Å². The van der Waals surface area contributed by atoms with Gasteiger partial charge in [0.05, 0.1) is 5.60 Å². The van der Waals surface area contributed by atoms with Gasteiger partial charge >= 0.3 is 0 Å². The van der Waals surface area contributed by atoms with E-state index in [1.165, 1.54) is 0 Å². The summed E-state index contributed by atoms with van der Waals surface area (Å²) in [5, 5.41) is 15.2. The molecule has 98 valence electrons. The molecule has 17 heavy (non-hydrogen) atoms. The number of carbonyl (C=O) groups is 2. The zero-order valence-corrected chi connectivity index (χ0v) is 10.6. The summed E-state index contributed by atoms with van der Waals surface area (Å²) in [6.07, 6.45) is 0.923. The van der Waals surface area contributed by atoms with Gasteiger partial charge in [-0.2, -0.15) is 0 Å². The monoisotopic (exact) mass is 243 g/mol. The third-order valence-corrected chi connectivity index (χ3v) is 2.61. The Balaban J connectivity index is 2.34. The van der Waals surface area contributed by atoms with Crippen molar-refractivity contribution in [1.82, 2.24) is 15.5 Å². The zero-order valence-electron chi connectivity index (χ0n) is 10.6. The van der Waals surface area contributed by atoms with Crippen molar-refractivity contribution in [2.24, 2.45) is 0 Å². The molecule has 2 amide bonds. The largest absolute Gasteiger partial charge is 0.387 e. The summed E-state index contributed by atoms with van der Waals surface area (Å²) in [6, 6.07) is -0.447. The fourth-order valence-electron chi connectivity index (χ4n) is 1.95. The van der Waals surface area contributed by atoms with Gasteiger partial charge in [-0.3, -0.25) is 9.59 Å². The predicted octanol–water partition coefficient (Wildman–Crippen LogP) is -1.31. The lowest BCUT2D eigenvalue weighted by atomic mass is 10.1. The van der Waals surface area contributed by atoms with Crippen LogP contribution in [0.3, 0.4) is 0 Å². The van der Waals surface area contributed by atoms with Crippen LogP contribution in [0.25, 0.3) is 0 Å². The van der Waals surface area contributed by atoms with E-state index in [9.17, 15) is 14.7 Å². The molecule has 0 aliphatic carbocycles. The topological polar surface area (TPSA) is 81.7 Å². The van der Waals surface area contributed by atoms with Crippen molar-refractivity contribution in [3.05, 3.63) is 0 Å². The van der Waals surface area contributed by atoms with Gasteiger partial charge in [0, 0.05) is 19.5 Å². The number of nitrogens with one attached hydrogen (secondary N) is 2. The first-order valence-electron chi connectivity index (χ1n) is 5.74. The second kappa shape index (κ2) is 5.46. The SMILES string of the molecule is CN(C)CC(C)(O)CNC(=O)C1CCC(=O)N1. The van der Waals surface area contributed by atoms with Crippen molar-refractivity contribution in [3.8, 4) is 0 Å². The van der Waals surface area contributed by atoms with Crippen molar-refractivity contribution in [1.29, 1.82) is 0 Å². The van der Waals surface area contributed by atoms with E-state index >= 15 is 0 Å². The molecule has 0 bridgehead atoms. The lowest BCUT2D eigenvalue weighted by Gasteiger charge is -2.27. The van der Waals surface area contributed by atoms with Crippen molar-refractivity contribution < 1.29 is 14.7 Å². The Kier molecular flexibility index (Phi) is 4.47. The van der Waals surface area contributed by atoms with Crippen LogP contribution in [0.5, 0.6) is 0 Å². The fourth-order valence-corrected chi connectivity index (χ4v) is 1.95. The average molecular weight is 243 g/mol. The average Bonchev–Trinajstić information content (AvgIpc) is 2.59. The number of hydrogen-bond donors (Lipinski definition) is 3. The van der Waals surface area contributed by atoms with Gasteiger partial charge in [-0.25, -0.2) is 0 Å². The molecular weight excluding hydrogens is 222 g/mol. The van der Waals surface area contributed by atoms with Crippen LogP contribution in [0, 0.1) is 0 Å². The van der Waals surface area contributed by atoms with Gasteiger partial charge in [-0.15, -0.1) is 0 Å². The summed E-state index contributed by atoms with van der Waals surface area (Å²) in [6.45, 7) is 2.31. The molecule has 0 aromatic heterocycles. The Morgan fingerprint density at radius 3 is 2.76 bits per heavy atom. The molecule has 0 saturated carbocycles. The Labute approximate surface area is 101 Å². The first kappa shape index (κ1) is 13.9. The quantitative estimate of drug-likeness (QED) is 0.560. The standard InChI is InChI=1S/C11H21N3O3/c1-11(17,7-14(2)3)6-12-10(16)8-4-5-9(15)13-8/h8,17H,4-7H2,1-3H3,(H,12,16)(H,13,15). The summed E-state index contributed by atoms with van der Waals surface area (Å²) in [4.78, 5) is 24.5. The van der Waals surface area contributed by atoms with Crippen LogP contribution in [0.15, 0.2) is 0 Å². The van der Waals surface area contributed by atoms with E-state index in [4.69, 9.17) is 0 Å². The molecule has 6 heteroatoms. The normalized spacial score (nSPS) is 23.4. The molecule has 6 nitrogen and oxygen atoms in total. The maximum absolute atomic E-state index is 11.7. The molecule has 1 fully saturated rings. The molecule has 0 aromatic carbocycles. The van der Waals surface area contributed by atoms with Gasteiger partial charge in [0.1, 0.15) is 6.04 Å². The van der Waals surface area contributed by atoms with Crippen molar-refractivity contribution in [2.45, 2.75) is 31.4 Å². The van der Waals surface area contributed by atoms with E-state index in [-0.39, 0.29) is 18.4 Å². The second-order valence-corrected chi connectivity index (χ2v) is 5.11. The third kappa shape index (κ3) is 4.70. The van der Waals surface area contributed by atoms with Gasteiger partial charge in [0.15, 0.2) is 0 Å². The minimum Gasteiger partial charge on any atom is -0.387 e. The molecule has 1 heterocycles. The van der Waals surface area contributed by atoms with Crippen LogP contribution >= 0.6 is 0 Å². The van der Waals surface area contributed by atoms with Gasteiger partial charge < -0.3 is 20.6 Å². The highest BCUT2D eigenvalue weighted by Crippen LogP contribution is 2.07. The molecular formula is C11H21N3O3. The highest BCUT2D eigenvalue weighted by Gasteiger charge is 2.29. The number of nitrogens with zero attached hydrogens (tertiary/aromatic N) is 1. The van der Waals surface area contributed by atoms with E-state index in [1.54, 1.807) is 6.92 Å². The molecule has 2 unspecified atom stereocenters. The van der Waals surface area contributed by atoms with E-state index in [0.29, 0.717) is 19.4 Å². The van der Waals surface area contributed by atoms with Crippen LogP contribution in [0.4, 0.5) is 0 Å². The minimum absolute atomic E-state index is 0.0924. The number of carbonyl (C=O) groups excluding carboxylic acids is 2. The van der Waals surface area contributed by atoms with Crippen LogP contribution in [-0.4, -0.2) is 60.6 Å². The predicted molar refractivity (Wildman–Crippen MR) is 63.4 cm³/mol. The summed E-state index contributed by atoms with van der Waals surface area (Å²) < 4.78 is 0. The Hall–Kier alpha value is -1.14. The Morgan fingerprint density at radius 2 is 2.29 bits per heavy atom. The maximum atomic E-state index is 11.7. The molecule has 3 N–H and O–H groups in total. The molecule has 1 saturated heterocycles. The van der Waals surface area contributed by atoms with E-state index in [0.717, 1.165) is 0 Å². The summed E-state index contributed by atoms with van der Waals surface area (Å²) in [5.41, 5.74) is -0.970. The van der Waals surface area contributed by atoms with Gasteiger partial charge in [0.2, 0.25) is 11.8 Å². The fraction of sp³-hybridized carbons (Fsp3) is 0.818. The second-order valence-electron chi connectivity index (χ2n) is 5.11. The molecule has 1 rings (SSSR count). The van der Waals surface area contributed by atoms with Gasteiger partial charge in [-0.1, -0.05) is 0 Å². The maximum Gasteiger partial charge on any atom is 0.242 e. The van der Waals surface area contributed by atoms with Crippen LogP contribution in [0.1, 0.15) is 19.8 Å². The highest BCUT2D eigenvalue weighted by atomic mass is 16.3. The van der Waals surface area contributed by atoms with E-state index in [2.05, 4.69) is 10.6 Å². The summed E-state index contributed by atoms with van der Waals surface area (Å²) >= 11 is 0. The smallest absolute Gasteiger partial charge is 0.242 e. The van der Waals surface area contributed by atoms with Crippen LogP contribution < -0.4 is 10.6 Å². The van der Waals surface area contributed by atoms with Gasteiger partial charge in [0.25, 0.3) is 0 Å². The lowest BCUT2D eigenvalue weighted by molar-refractivity contribution is -0.126. The van der Waals surface area contributed by atoms with Crippen molar-refractivity contribution in [3.63, 3.8) is 0 Å². The molecule has 0 spiro atoms. The van der Waals surface area contributed by atoms with Crippen LogP contribution in [-0.2, 0) is 9.59 Å². The summed E-state index contributed by atoms with van der Waals surface area (Å²) in [5.74, 6) is -0.319. The van der Waals surface area contributed by atoms with Crippen molar-refractivity contribution in [2.75, 3.05) is 27.2 Å².